The summed E-state index contributed by atoms with van der Waals surface area (Å²) in [4.78, 5) is 9.50. The lowest BCUT2D eigenvalue weighted by Gasteiger charge is -2.39. The fourth-order valence-corrected chi connectivity index (χ4v) is 5.24. The van der Waals surface area contributed by atoms with Gasteiger partial charge in [0.25, 0.3) is 0 Å². The Morgan fingerprint density at radius 3 is 1.89 bits per heavy atom. The number of benzene rings is 2. The molecule has 2 N–H and O–H groups in total. The molecular weight excluding hydrogens is 464 g/mol. The van der Waals surface area contributed by atoms with E-state index in [0.29, 0.717) is 32.3 Å². The lowest BCUT2D eigenvalue weighted by Crippen LogP contribution is -2.51. The molecule has 0 saturated carbocycles. The Morgan fingerprint density at radius 1 is 0.703 bits per heavy atom. The van der Waals surface area contributed by atoms with Crippen LogP contribution in [0.25, 0.3) is 0 Å². The number of nitrogens with one attached hydrogen (secondary N) is 2. The van der Waals surface area contributed by atoms with Gasteiger partial charge in [0.05, 0.1) is 33.1 Å². The Hall–Kier alpha value is -3.07. The maximum Gasteiger partial charge on any atom is 0.128 e. The predicted molar refractivity (Wildman–Crippen MR) is 148 cm³/mol. The van der Waals surface area contributed by atoms with Crippen LogP contribution in [0, 0.1) is 5.41 Å². The molecule has 0 unspecified atom stereocenters. The van der Waals surface area contributed by atoms with Gasteiger partial charge in [-0.25, -0.2) is 0 Å². The minimum atomic E-state index is 0.607. The number of rotatable bonds is 8. The second kappa shape index (κ2) is 12.9. The van der Waals surface area contributed by atoms with Crippen molar-refractivity contribution >= 4 is 11.5 Å². The maximum atomic E-state index is 9.28. The molecule has 2 aromatic rings. The van der Waals surface area contributed by atoms with Crippen LogP contribution in [-0.4, -0.2) is 106 Å². The maximum absolute atomic E-state index is 9.28. The van der Waals surface area contributed by atoms with E-state index in [-0.39, 0.29) is 0 Å². The topological polar surface area (TPSA) is 67.3 Å². The van der Waals surface area contributed by atoms with Crippen LogP contribution in [0.1, 0.15) is 5.56 Å². The molecule has 0 bridgehead atoms. The number of ether oxygens (including phenoxy) is 2. The predicted octanol–water partition coefficient (Wildman–Crippen LogP) is 2.45. The van der Waals surface area contributed by atoms with Gasteiger partial charge in [0.1, 0.15) is 11.7 Å². The van der Waals surface area contributed by atoms with E-state index in [2.05, 4.69) is 85.6 Å². The first-order valence-corrected chi connectivity index (χ1v) is 13.6. The SMILES string of the molecule is N=C(/C(Cc1ccccc1)=C(\NCN1CCN(c2ccccc2)CC1)N1CCOCC1)N1CCOCC1. The summed E-state index contributed by atoms with van der Waals surface area (Å²) >= 11 is 0. The van der Waals surface area contributed by atoms with Gasteiger partial charge in [0.15, 0.2) is 0 Å². The van der Waals surface area contributed by atoms with Gasteiger partial charge >= 0.3 is 0 Å². The smallest absolute Gasteiger partial charge is 0.128 e. The van der Waals surface area contributed by atoms with E-state index in [4.69, 9.17) is 9.47 Å². The van der Waals surface area contributed by atoms with Crippen LogP contribution in [0.3, 0.4) is 0 Å². The van der Waals surface area contributed by atoms with E-state index in [9.17, 15) is 5.41 Å². The van der Waals surface area contributed by atoms with Crippen molar-refractivity contribution in [2.24, 2.45) is 0 Å². The van der Waals surface area contributed by atoms with E-state index in [1.165, 1.54) is 11.3 Å². The molecule has 3 saturated heterocycles. The van der Waals surface area contributed by atoms with E-state index >= 15 is 0 Å². The summed E-state index contributed by atoms with van der Waals surface area (Å²) in [5, 5.41) is 13.1. The highest BCUT2D eigenvalue weighted by atomic mass is 16.5. The van der Waals surface area contributed by atoms with E-state index in [1.807, 2.05) is 0 Å². The van der Waals surface area contributed by atoms with Gasteiger partial charge in [-0.3, -0.25) is 10.3 Å². The molecule has 0 radical (unpaired) electrons. The van der Waals surface area contributed by atoms with Crippen molar-refractivity contribution in [2.45, 2.75) is 6.42 Å². The highest BCUT2D eigenvalue weighted by Crippen LogP contribution is 2.20. The summed E-state index contributed by atoms with van der Waals surface area (Å²) in [7, 11) is 0. The van der Waals surface area contributed by atoms with Gasteiger partial charge in [-0.05, 0) is 17.7 Å². The zero-order chi connectivity index (χ0) is 25.3. The zero-order valence-electron chi connectivity index (χ0n) is 21.8. The molecule has 0 atom stereocenters. The Morgan fingerprint density at radius 2 is 1.27 bits per heavy atom. The van der Waals surface area contributed by atoms with E-state index in [1.54, 1.807) is 0 Å². The largest absolute Gasteiger partial charge is 0.378 e. The first-order chi connectivity index (χ1) is 18.3. The fourth-order valence-electron chi connectivity index (χ4n) is 5.24. The molecule has 2 aromatic carbocycles. The number of nitrogens with zero attached hydrogens (tertiary/aromatic N) is 4. The highest BCUT2D eigenvalue weighted by Gasteiger charge is 2.26. The molecule has 0 aromatic heterocycles. The van der Waals surface area contributed by atoms with Gasteiger partial charge in [-0.1, -0.05) is 48.5 Å². The van der Waals surface area contributed by atoms with Crippen LogP contribution in [0.2, 0.25) is 0 Å². The summed E-state index contributed by atoms with van der Waals surface area (Å²) in [6.45, 7) is 10.8. The van der Waals surface area contributed by atoms with Crippen LogP contribution < -0.4 is 10.2 Å². The number of piperazine rings is 1. The van der Waals surface area contributed by atoms with E-state index in [0.717, 1.165) is 76.8 Å². The molecule has 3 fully saturated rings. The van der Waals surface area contributed by atoms with Gasteiger partial charge in [0.2, 0.25) is 0 Å². The number of hydrogen-bond donors (Lipinski definition) is 2. The summed E-state index contributed by atoms with van der Waals surface area (Å²) in [5.74, 6) is 1.68. The Kier molecular flexibility index (Phi) is 8.95. The molecule has 0 amide bonds. The summed E-state index contributed by atoms with van der Waals surface area (Å²) in [6.07, 6.45) is 0.721. The molecule has 0 aliphatic carbocycles. The van der Waals surface area contributed by atoms with Crippen molar-refractivity contribution in [1.82, 2.24) is 20.0 Å². The third-order valence-electron chi connectivity index (χ3n) is 7.41. The summed E-state index contributed by atoms with van der Waals surface area (Å²) in [6, 6.07) is 21.2. The molecule has 37 heavy (non-hydrogen) atoms. The average molecular weight is 505 g/mol. The van der Waals surface area contributed by atoms with Crippen LogP contribution in [0.5, 0.6) is 0 Å². The van der Waals surface area contributed by atoms with Crippen molar-refractivity contribution in [3.05, 3.63) is 77.6 Å². The highest BCUT2D eigenvalue weighted by molar-refractivity contribution is 5.97. The van der Waals surface area contributed by atoms with Crippen LogP contribution in [-0.2, 0) is 15.9 Å². The van der Waals surface area contributed by atoms with E-state index < -0.39 is 0 Å². The third-order valence-corrected chi connectivity index (χ3v) is 7.41. The molecule has 198 valence electrons. The molecule has 3 aliphatic heterocycles. The minimum absolute atomic E-state index is 0.607. The van der Waals surface area contributed by atoms with Gasteiger partial charge < -0.3 is 29.5 Å². The molecule has 5 rings (SSSR count). The van der Waals surface area contributed by atoms with Gasteiger partial charge in [-0.2, -0.15) is 0 Å². The normalized spacial score (nSPS) is 19.9. The summed E-state index contributed by atoms with van der Waals surface area (Å²) < 4.78 is 11.3. The fraction of sp³-hybridized carbons (Fsp3) is 0.483. The quantitative estimate of drug-likeness (QED) is 0.423. The van der Waals surface area contributed by atoms with Gasteiger partial charge in [0, 0.05) is 70.0 Å². The molecule has 8 heteroatoms. The van der Waals surface area contributed by atoms with Crippen molar-refractivity contribution in [2.75, 3.05) is 90.4 Å². The van der Waals surface area contributed by atoms with Crippen LogP contribution >= 0.6 is 0 Å². The molecule has 0 spiro atoms. The van der Waals surface area contributed by atoms with Crippen LogP contribution in [0.15, 0.2) is 72.1 Å². The number of para-hydroxylation sites is 1. The standard InChI is InChI=1S/C29H40N6O2/c30-28(34-15-19-36-20-16-34)27(23-25-7-3-1-4-8-25)29(35-17-21-37-22-18-35)31-24-32-11-13-33(14-12-32)26-9-5-2-6-10-26/h1-10,30-31H,11-24H2/b29-27+,30-28?. The second-order valence-corrected chi connectivity index (χ2v) is 9.81. The first kappa shape index (κ1) is 25.6. The number of amidine groups is 1. The minimum Gasteiger partial charge on any atom is -0.378 e. The molecular formula is C29H40N6O2. The zero-order valence-corrected chi connectivity index (χ0v) is 21.8. The second-order valence-electron chi connectivity index (χ2n) is 9.81. The number of morpholine rings is 2. The van der Waals surface area contributed by atoms with Crippen molar-refractivity contribution in [1.29, 1.82) is 5.41 Å². The lowest BCUT2D eigenvalue weighted by molar-refractivity contribution is 0.0480. The molecule has 3 heterocycles. The van der Waals surface area contributed by atoms with Gasteiger partial charge in [-0.15, -0.1) is 0 Å². The monoisotopic (exact) mass is 504 g/mol. The number of anilines is 1. The molecule has 3 aliphatic rings. The van der Waals surface area contributed by atoms with Crippen molar-refractivity contribution < 1.29 is 9.47 Å². The lowest BCUT2D eigenvalue weighted by atomic mass is 10.0. The van der Waals surface area contributed by atoms with Crippen molar-refractivity contribution in [3.63, 3.8) is 0 Å². The Balaban J connectivity index is 1.35. The summed E-state index contributed by atoms with van der Waals surface area (Å²) in [5.41, 5.74) is 3.57. The molecule has 8 nitrogen and oxygen atoms in total. The van der Waals surface area contributed by atoms with Crippen LogP contribution in [0.4, 0.5) is 5.69 Å². The average Bonchev–Trinajstić information content (AvgIpc) is 2.98. The third kappa shape index (κ3) is 6.83. The Labute approximate surface area is 220 Å². The Bertz CT molecular complexity index is 1010. The number of hydrogen-bond acceptors (Lipinski definition) is 7. The first-order valence-electron chi connectivity index (χ1n) is 13.6. The van der Waals surface area contributed by atoms with Crippen molar-refractivity contribution in [3.8, 4) is 0 Å².